The maximum absolute atomic E-state index is 12.3. The van der Waals surface area contributed by atoms with Crippen LogP contribution in [0.15, 0.2) is 0 Å². The van der Waals surface area contributed by atoms with E-state index in [2.05, 4.69) is 13.8 Å². The summed E-state index contributed by atoms with van der Waals surface area (Å²) in [6.45, 7) is 6.30. The van der Waals surface area contributed by atoms with Gasteiger partial charge in [0.2, 0.25) is 0 Å². The SMILES string of the molecule is CCCCCCCCCCCC1OC1C(=O)OCC(C)OC(=O)C1OC1CCCCCCCCCCC. The molecule has 2 aliphatic rings. The molecule has 2 heterocycles. The number of carbonyl (C=O) groups is 2. The fourth-order valence-electron chi connectivity index (χ4n) is 5.03. The number of unbranched alkanes of at least 4 members (excludes halogenated alkanes) is 16. The first-order valence-corrected chi connectivity index (χ1v) is 15.7. The summed E-state index contributed by atoms with van der Waals surface area (Å²) in [6, 6.07) is 0. The van der Waals surface area contributed by atoms with Crippen LogP contribution in [-0.4, -0.2) is 49.1 Å². The Morgan fingerprint density at radius 1 is 0.595 bits per heavy atom. The summed E-state index contributed by atoms with van der Waals surface area (Å²) >= 11 is 0. The van der Waals surface area contributed by atoms with Crippen LogP contribution < -0.4 is 0 Å². The molecule has 0 bridgehead atoms. The molecule has 0 saturated carbocycles. The number of carbonyl (C=O) groups excluding carboxylic acids is 2. The van der Waals surface area contributed by atoms with Gasteiger partial charge in [0, 0.05) is 0 Å². The highest BCUT2D eigenvalue weighted by atomic mass is 16.7. The van der Waals surface area contributed by atoms with Crippen LogP contribution in [0.2, 0.25) is 0 Å². The van der Waals surface area contributed by atoms with Crippen molar-refractivity contribution < 1.29 is 28.5 Å². The van der Waals surface area contributed by atoms with Gasteiger partial charge in [-0.1, -0.05) is 129 Å². The molecule has 0 aromatic heterocycles. The molecule has 5 unspecified atom stereocenters. The molecule has 0 aliphatic carbocycles. The van der Waals surface area contributed by atoms with E-state index in [1.807, 2.05) is 0 Å². The molecule has 0 amide bonds. The van der Waals surface area contributed by atoms with Gasteiger partial charge in [-0.05, 0) is 19.8 Å². The predicted octanol–water partition coefficient (Wildman–Crippen LogP) is 7.84. The molecule has 5 atom stereocenters. The summed E-state index contributed by atoms with van der Waals surface area (Å²) in [5.41, 5.74) is 0. The highest BCUT2D eigenvalue weighted by Gasteiger charge is 2.47. The van der Waals surface area contributed by atoms with Gasteiger partial charge in [0.25, 0.3) is 0 Å². The van der Waals surface area contributed by atoms with E-state index in [0.29, 0.717) is 0 Å². The van der Waals surface area contributed by atoms with Crippen molar-refractivity contribution in [2.75, 3.05) is 6.61 Å². The lowest BCUT2D eigenvalue weighted by Crippen LogP contribution is -2.27. The summed E-state index contributed by atoms with van der Waals surface area (Å²) in [5.74, 6) is -0.676. The summed E-state index contributed by atoms with van der Waals surface area (Å²) in [6.07, 6.45) is 23.6. The highest BCUT2D eigenvalue weighted by Crippen LogP contribution is 2.30. The van der Waals surface area contributed by atoms with Crippen molar-refractivity contribution in [2.45, 2.75) is 180 Å². The Hall–Kier alpha value is -1.14. The summed E-state index contributed by atoms with van der Waals surface area (Å²) in [5, 5.41) is 0. The van der Waals surface area contributed by atoms with Gasteiger partial charge < -0.3 is 18.9 Å². The summed E-state index contributed by atoms with van der Waals surface area (Å²) in [7, 11) is 0. The Balaban J connectivity index is 1.39. The minimum atomic E-state index is -0.483. The van der Waals surface area contributed by atoms with Crippen LogP contribution in [0.5, 0.6) is 0 Å². The van der Waals surface area contributed by atoms with Crippen LogP contribution >= 0.6 is 0 Å². The molecule has 2 fully saturated rings. The number of ether oxygens (including phenoxy) is 4. The lowest BCUT2D eigenvalue weighted by molar-refractivity contribution is -0.159. The Morgan fingerprint density at radius 2 is 0.973 bits per heavy atom. The third-order valence-electron chi connectivity index (χ3n) is 7.59. The Morgan fingerprint density at radius 3 is 1.41 bits per heavy atom. The van der Waals surface area contributed by atoms with E-state index < -0.39 is 18.3 Å². The molecule has 216 valence electrons. The first kappa shape index (κ1) is 32.1. The molecule has 2 saturated heterocycles. The normalized spacial score (nSPS) is 23.0. The first-order chi connectivity index (χ1) is 18.1. The van der Waals surface area contributed by atoms with E-state index in [1.165, 1.54) is 103 Å². The second-order valence-corrected chi connectivity index (χ2v) is 11.3. The van der Waals surface area contributed by atoms with E-state index in [1.54, 1.807) is 6.92 Å². The standard InChI is InChI=1S/C31H56O6/c1-4-6-8-10-12-14-16-18-20-22-26-28(36-26)30(32)34-24-25(3)35-31(33)29-27(37-29)23-21-19-17-15-13-11-9-7-5-2/h25-29H,4-24H2,1-3H3. The Labute approximate surface area is 226 Å². The zero-order valence-electron chi connectivity index (χ0n) is 24.2. The van der Waals surface area contributed by atoms with Crippen molar-refractivity contribution >= 4 is 11.9 Å². The Bertz CT molecular complexity index is 609. The number of hydrogen-bond donors (Lipinski definition) is 0. The van der Waals surface area contributed by atoms with Crippen LogP contribution in [-0.2, 0) is 28.5 Å². The first-order valence-electron chi connectivity index (χ1n) is 15.7. The molecule has 0 aromatic rings. The van der Waals surface area contributed by atoms with Gasteiger partial charge in [0.1, 0.15) is 12.7 Å². The largest absolute Gasteiger partial charge is 0.460 e. The quantitative estimate of drug-likeness (QED) is 0.0688. The fraction of sp³-hybridized carbons (Fsp3) is 0.935. The van der Waals surface area contributed by atoms with E-state index >= 15 is 0 Å². The zero-order valence-corrected chi connectivity index (χ0v) is 24.2. The second kappa shape index (κ2) is 19.9. The minimum Gasteiger partial charge on any atom is -0.460 e. The van der Waals surface area contributed by atoms with Crippen LogP contribution in [0.25, 0.3) is 0 Å². The molecule has 37 heavy (non-hydrogen) atoms. The molecular formula is C31H56O6. The topological polar surface area (TPSA) is 77.7 Å². The summed E-state index contributed by atoms with van der Waals surface area (Å²) < 4.78 is 21.8. The molecule has 0 N–H and O–H groups in total. The van der Waals surface area contributed by atoms with E-state index in [0.717, 1.165) is 25.7 Å². The lowest BCUT2D eigenvalue weighted by atomic mass is 10.1. The van der Waals surface area contributed by atoms with E-state index in [-0.39, 0.29) is 30.8 Å². The zero-order chi connectivity index (χ0) is 26.7. The third kappa shape index (κ3) is 15.1. The maximum atomic E-state index is 12.3. The molecule has 0 aromatic carbocycles. The molecule has 6 nitrogen and oxygen atoms in total. The molecule has 2 rings (SSSR count). The molecule has 0 radical (unpaired) electrons. The average molecular weight is 525 g/mol. The fourth-order valence-corrected chi connectivity index (χ4v) is 5.03. The van der Waals surface area contributed by atoms with Gasteiger partial charge in [0.05, 0.1) is 12.2 Å². The number of rotatable bonds is 25. The summed E-state index contributed by atoms with van der Waals surface area (Å²) in [4.78, 5) is 24.5. The van der Waals surface area contributed by atoms with Gasteiger partial charge in [-0.2, -0.15) is 0 Å². The third-order valence-corrected chi connectivity index (χ3v) is 7.59. The van der Waals surface area contributed by atoms with Crippen molar-refractivity contribution in [2.24, 2.45) is 0 Å². The van der Waals surface area contributed by atoms with E-state index in [4.69, 9.17) is 18.9 Å². The smallest absolute Gasteiger partial charge is 0.338 e. The van der Waals surface area contributed by atoms with Gasteiger partial charge >= 0.3 is 11.9 Å². The highest BCUT2D eigenvalue weighted by molar-refractivity contribution is 5.79. The Kier molecular flexibility index (Phi) is 17.2. The van der Waals surface area contributed by atoms with Crippen molar-refractivity contribution in [3.8, 4) is 0 Å². The average Bonchev–Trinajstić information content (AvgIpc) is 3.81. The molecule has 2 aliphatic heterocycles. The van der Waals surface area contributed by atoms with Gasteiger partial charge in [0.15, 0.2) is 12.2 Å². The van der Waals surface area contributed by atoms with Gasteiger partial charge in [-0.3, -0.25) is 0 Å². The van der Waals surface area contributed by atoms with Crippen molar-refractivity contribution in [3.05, 3.63) is 0 Å². The van der Waals surface area contributed by atoms with Crippen LogP contribution in [0.3, 0.4) is 0 Å². The molecule has 6 heteroatoms. The van der Waals surface area contributed by atoms with Gasteiger partial charge in [-0.15, -0.1) is 0 Å². The number of esters is 2. The van der Waals surface area contributed by atoms with Gasteiger partial charge in [-0.25, -0.2) is 9.59 Å². The van der Waals surface area contributed by atoms with Crippen LogP contribution in [0, 0.1) is 0 Å². The van der Waals surface area contributed by atoms with Crippen LogP contribution in [0.4, 0.5) is 0 Å². The van der Waals surface area contributed by atoms with Crippen molar-refractivity contribution in [3.63, 3.8) is 0 Å². The van der Waals surface area contributed by atoms with Crippen molar-refractivity contribution in [1.82, 2.24) is 0 Å². The molecular weight excluding hydrogens is 468 g/mol. The maximum Gasteiger partial charge on any atom is 0.338 e. The minimum absolute atomic E-state index is 0.00316. The van der Waals surface area contributed by atoms with Crippen LogP contribution in [0.1, 0.15) is 149 Å². The predicted molar refractivity (Wildman–Crippen MR) is 148 cm³/mol. The second-order valence-electron chi connectivity index (χ2n) is 11.3. The number of epoxide rings is 2. The molecule has 0 spiro atoms. The van der Waals surface area contributed by atoms with Crippen molar-refractivity contribution in [1.29, 1.82) is 0 Å². The number of hydrogen-bond acceptors (Lipinski definition) is 6. The lowest BCUT2D eigenvalue weighted by Gasteiger charge is -2.12. The van der Waals surface area contributed by atoms with E-state index in [9.17, 15) is 9.59 Å². The monoisotopic (exact) mass is 524 g/mol.